The minimum atomic E-state index is -3.56. The van der Waals surface area contributed by atoms with Crippen molar-refractivity contribution in [2.75, 3.05) is 4.90 Å². The van der Waals surface area contributed by atoms with Crippen LogP contribution in [-0.4, -0.2) is 33.6 Å². The minimum absolute atomic E-state index is 0.107. The number of nitrogens with zero attached hydrogens (tertiary/aromatic N) is 4. The predicted molar refractivity (Wildman–Crippen MR) is 130 cm³/mol. The zero-order valence-electron chi connectivity index (χ0n) is 19.2. The fourth-order valence-electron chi connectivity index (χ4n) is 4.55. The largest absolute Gasteiger partial charge is 0.345 e. The molecule has 2 heterocycles. The Morgan fingerprint density at radius 3 is 2.44 bits per heavy atom. The molecular formula is C27H21F2N5O2. The number of fused-ring (bicyclic) bond motifs is 1. The number of anilines is 1. The first kappa shape index (κ1) is 23.2. The molecule has 0 bridgehead atoms. The highest BCUT2D eigenvalue weighted by atomic mass is 19.3. The van der Waals surface area contributed by atoms with E-state index in [2.05, 4.69) is 16.5 Å². The first-order valence-corrected chi connectivity index (χ1v) is 11.3. The second-order valence-corrected chi connectivity index (χ2v) is 8.75. The summed E-state index contributed by atoms with van der Waals surface area (Å²) in [5.74, 6) is -5.26. The number of nitriles is 1. The Labute approximate surface area is 205 Å². The number of hydrogen-bond donors (Lipinski definition) is 1. The fraction of sp³-hybridized carbons (Fsp3) is 0.185. The van der Waals surface area contributed by atoms with Gasteiger partial charge in [0.05, 0.1) is 41.1 Å². The van der Waals surface area contributed by atoms with E-state index < -0.39 is 23.9 Å². The number of alkyl halides is 2. The highest BCUT2D eigenvalue weighted by Crippen LogP contribution is 2.39. The van der Waals surface area contributed by atoms with E-state index >= 15 is 0 Å². The summed E-state index contributed by atoms with van der Waals surface area (Å²) in [4.78, 5) is 26.8. The van der Waals surface area contributed by atoms with Crippen molar-refractivity contribution in [1.82, 2.24) is 15.1 Å². The van der Waals surface area contributed by atoms with Crippen LogP contribution in [0.15, 0.2) is 79.0 Å². The summed E-state index contributed by atoms with van der Waals surface area (Å²) >= 11 is 0. The van der Waals surface area contributed by atoms with Crippen LogP contribution in [0.2, 0.25) is 0 Å². The molecule has 4 aromatic rings. The van der Waals surface area contributed by atoms with Crippen molar-refractivity contribution in [2.45, 2.75) is 31.4 Å². The zero-order valence-corrected chi connectivity index (χ0v) is 19.2. The Hall–Kier alpha value is -4.58. The summed E-state index contributed by atoms with van der Waals surface area (Å²) in [6.07, 6.45) is 1.57. The average Bonchev–Trinajstić information content (AvgIpc) is 3.44. The highest BCUT2D eigenvalue weighted by molar-refractivity contribution is 6.00. The van der Waals surface area contributed by atoms with Gasteiger partial charge < -0.3 is 10.2 Å². The lowest BCUT2D eigenvalue weighted by atomic mass is 9.99. The van der Waals surface area contributed by atoms with Crippen LogP contribution < -0.4 is 10.2 Å². The molecule has 1 aliphatic rings. The van der Waals surface area contributed by atoms with Crippen molar-refractivity contribution in [2.24, 2.45) is 0 Å². The predicted octanol–water partition coefficient (Wildman–Crippen LogP) is 4.52. The third-order valence-corrected chi connectivity index (χ3v) is 6.25. The van der Waals surface area contributed by atoms with Crippen LogP contribution in [-0.2, 0) is 9.59 Å². The normalized spacial score (nSPS) is 17.8. The molecule has 0 spiro atoms. The third kappa shape index (κ3) is 4.18. The number of carbonyl (C=O) groups is 2. The molecule has 3 aromatic carbocycles. The fourth-order valence-corrected chi connectivity index (χ4v) is 4.55. The summed E-state index contributed by atoms with van der Waals surface area (Å²) in [6, 6.07) is 22.1. The Morgan fingerprint density at radius 2 is 1.78 bits per heavy atom. The lowest BCUT2D eigenvalue weighted by molar-refractivity contribution is -0.143. The summed E-state index contributed by atoms with van der Waals surface area (Å²) in [6.45, 7) is 0.536. The molecule has 180 valence electrons. The second kappa shape index (κ2) is 8.89. The smallest absolute Gasteiger partial charge is 0.321 e. The number of benzene rings is 3. The van der Waals surface area contributed by atoms with Gasteiger partial charge in [0.25, 0.3) is 5.91 Å². The van der Waals surface area contributed by atoms with Gasteiger partial charge in [0.15, 0.2) is 0 Å². The quantitative estimate of drug-likeness (QED) is 0.450. The number of aromatic nitrogens is 2. The number of rotatable bonds is 5. The van der Waals surface area contributed by atoms with Crippen molar-refractivity contribution >= 4 is 28.4 Å². The maximum atomic E-state index is 13.6. The first-order valence-electron chi connectivity index (χ1n) is 11.3. The van der Waals surface area contributed by atoms with E-state index in [0.29, 0.717) is 18.2 Å². The summed E-state index contributed by atoms with van der Waals surface area (Å²) in [5, 5.41) is 16.6. The van der Waals surface area contributed by atoms with Crippen molar-refractivity contribution in [3.63, 3.8) is 0 Å². The van der Waals surface area contributed by atoms with Crippen LogP contribution in [0.4, 0.5) is 14.5 Å². The Balaban J connectivity index is 1.53. The Kier molecular flexibility index (Phi) is 5.72. The van der Waals surface area contributed by atoms with Crippen LogP contribution in [0, 0.1) is 11.3 Å². The maximum Gasteiger partial charge on any atom is 0.321 e. The molecule has 0 aliphatic carbocycles. The van der Waals surface area contributed by atoms with Gasteiger partial charge in [-0.05, 0) is 48.0 Å². The number of halogens is 2. The van der Waals surface area contributed by atoms with Gasteiger partial charge in [-0.15, -0.1) is 0 Å². The van der Waals surface area contributed by atoms with Gasteiger partial charge in [0, 0.05) is 24.4 Å². The maximum absolute atomic E-state index is 13.6. The van der Waals surface area contributed by atoms with Crippen LogP contribution in [0.5, 0.6) is 0 Å². The van der Waals surface area contributed by atoms with Gasteiger partial charge in [0.1, 0.15) is 0 Å². The van der Waals surface area contributed by atoms with Gasteiger partial charge in [-0.2, -0.15) is 19.1 Å². The lowest BCUT2D eigenvalue weighted by Gasteiger charge is -2.29. The Morgan fingerprint density at radius 1 is 1.08 bits per heavy atom. The van der Waals surface area contributed by atoms with Gasteiger partial charge >= 0.3 is 5.92 Å². The number of carbonyl (C=O) groups excluding carboxylic acids is 2. The highest BCUT2D eigenvalue weighted by Gasteiger charge is 2.45. The molecular weight excluding hydrogens is 464 g/mol. The number of nitrogens with one attached hydrogen (secondary N) is 1. The monoisotopic (exact) mass is 485 g/mol. The van der Waals surface area contributed by atoms with Crippen molar-refractivity contribution in [1.29, 1.82) is 5.26 Å². The molecule has 1 saturated heterocycles. The molecule has 5 rings (SSSR count). The van der Waals surface area contributed by atoms with Gasteiger partial charge in [-0.25, -0.2) is 4.68 Å². The number of hydrogen-bond acceptors (Lipinski definition) is 4. The molecule has 9 heteroatoms. The molecule has 2 amide bonds. The molecule has 1 aromatic heterocycles. The molecule has 7 nitrogen and oxygen atoms in total. The van der Waals surface area contributed by atoms with Gasteiger partial charge in [0.2, 0.25) is 5.91 Å². The molecule has 1 N–H and O–H groups in total. The van der Waals surface area contributed by atoms with Crippen molar-refractivity contribution < 1.29 is 18.4 Å². The second-order valence-electron chi connectivity index (χ2n) is 8.75. The molecule has 2 atom stereocenters. The van der Waals surface area contributed by atoms with Crippen LogP contribution in [0.1, 0.15) is 30.5 Å². The van der Waals surface area contributed by atoms with Crippen molar-refractivity contribution in [3.05, 3.63) is 90.1 Å². The molecule has 0 radical (unpaired) electrons. The minimum Gasteiger partial charge on any atom is -0.345 e. The average molecular weight is 485 g/mol. The summed E-state index contributed by atoms with van der Waals surface area (Å²) in [7, 11) is 0. The summed E-state index contributed by atoms with van der Waals surface area (Å²) in [5.41, 5.74) is 3.41. The van der Waals surface area contributed by atoms with Crippen LogP contribution >= 0.6 is 0 Å². The van der Waals surface area contributed by atoms with E-state index in [1.54, 1.807) is 70.4 Å². The van der Waals surface area contributed by atoms with E-state index in [1.165, 1.54) is 0 Å². The van der Waals surface area contributed by atoms with Gasteiger partial charge in [-0.1, -0.05) is 30.3 Å². The standard InChI is InChI=1S/C27H21F2N5O2/c1-27(28,29)26(36)32-22-14-24(35)33(25(22)18-5-3-2-4-6-18)21-11-12-23-19(13-21)16-31-34(23)20-9-7-17(15-30)8-10-20/h2-13,16,22,25H,14H2,1H3,(H,32,36)/t22?,25-/m1/s1. The van der Waals surface area contributed by atoms with Crippen molar-refractivity contribution in [3.8, 4) is 11.8 Å². The van der Waals surface area contributed by atoms with E-state index in [4.69, 9.17) is 5.26 Å². The Bertz CT molecular complexity index is 1490. The SMILES string of the molecule is CC(F)(F)C(=O)NC1CC(=O)N(c2ccc3c(cnn3-c3ccc(C#N)cc3)c2)[C@@H]1c1ccccc1. The zero-order chi connectivity index (χ0) is 25.4. The number of amides is 2. The van der Waals surface area contributed by atoms with E-state index in [9.17, 15) is 18.4 Å². The van der Waals surface area contributed by atoms with Crippen LogP contribution in [0.3, 0.4) is 0 Å². The molecule has 0 saturated carbocycles. The van der Waals surface area contributed by atoms with E-state index in [-0.39, 0.29) is 12.3 Å². The van der Waals surface area contributed by atoms with E-state index in [1.807, 2.05) is 18.2 Å². The third-order valence-electron chi connectivity index (χ3n) is 6.25. The topological polar surface area (TPSA) is 91.0 Å². The molecule has 36 heavy (non-hydrogen) atoms. The summed E-state index contributed by atoms with van der Waals surface area (Å²) < 4.78 is 29.0. The first-order chi connectivity index (χ1) is 17.3. The molecule has 1 aliphatic heterocycles. The van der Waals surface area contributed by atoms with Crippen LogP contribution in [0.25, 0.3) is 16.6 Å². The molecule has 1 fully saturated rings. The molecule has 1 unspecified atom stereocenters. The lowest BCUT2D eigenvalue weighted by Crippen LogP contribution is -2.46. The van der Waals surface area contributed by atoms with E-state index in [0.717, 1.165) is 22.2 Å². The van der Waals surface area contributed by atoms with Gasteiger partial charge in [-0.3, -0.25) is 9.59 Å².